The average molecular weight is 237 g/mol. The van der Waals surface area contributed by atoms with E-state index in [1.165, 1.54) is 0 Å². The van der Waals surface area contributed by atoms with Gasteiger partial charge in [-0.2, -0.15) is 0 Å². The van der Waals surface area contributed by atoms with Crippen molar-refractivity contribution in [2.24, 2.45) is 5.92 Å². The first-order valence-electron chi connectivity index (χ1n) is 5.34. The van der Waals surface area contributed by atoms with Crippen LogP contribution >= 0.6 is 0 Å². The predicted octanol–water partition coefficient (Wildman–Crippen LogP) is 1.94. The highest BCUT2D eigenvalue weighted by molar-refractivity contribution is 6.21. The van der Waals surface area contributed by atoms with Crippen molar-refractivity contribution in [2.75, 3.05) is 6.54 Å². The highest BCUT2D eigenvalue weighted by atomic mass is 19.3. The lowest BCUT2D eigenvalue weighted by atomic mass is 10.1. The number of benzene rings is 1. The molecule has 2 amide bonds. The maximum absolute atomic E-state index is 12.8. The number of hydrogen-bond acceptors (Lipinski definition) is 2. The Bertz CT molecular complexity index is 492. The third-order valence-electron chi connectivity index (χ3n) is 3.24. The molecule has 88 valence electrons. The van der Waals surface area contributed by atoms with Gasteiger partial charge in [0, 0.05) is 18.9 Å². The summed E-state index contributed by atoms with van der Waals surface area (Å²) < 4.78 is 25.6. The summed E-state index contributed by atoms with van der Waals surface area (Å²) >= 11 is 0. The monoisotopic (exact) mass is 237 g/mol. The van der Waals surface area contributed by atoms with Gasteiger partial charge >= 0.3 is 0 Å². The number of carbonyl (C=O) groups excluding carboxylic acids is 2. The first-order chi connectivity index (χ1) is 8.00. The van der Waals surface area contributed by atoms with Crippen LogP contribution in [0.4, 0.5) is 8.78 Å². The second kappa shape index (κ2) is 3.12. The Balaban J connectivity index is 1.86. The van der Waals surface area contributed by atoms with Gasteiger partial charge in [-0.1, -0.05) is 12.1 Å². The van der Waals surface area contributed by atoms with E-state index < -0.39 is 23.7 Å². The number of halogens is 2. The minimum atomic E-state index is -2.71. The van der Waals surface area contributed by atoms with E-state index in [0.29, 0.717) is 11.1 Å². The van der Waals surface area contributed by atoms with Crippen molar-refractivity contribution in [1.29, 1.82) is 0 Å². The van der Waals surface area contributed by atoms with Gasteiger partial charge in [0.15, 0.2) is 0 Å². The molecule has 1 aliphatic carbocycles. The molecule has 0 aromatic heterocycles. The largest absolute Gasteiger partial charge is 0.274 e. The number of amides is 2. The molecule has 5 heteroatoms. The summed E-state index contributed by atoms with van der Waals surface area (Å²) in [6.45, 7) is -0.181. The molecule has 1 aliphatic heterocycles. The molecule has 1 atom stereocenters. The molecule has 0 bridgehead atoms. The van der Waals surface area contributed by atoms with Crippen LogP contribution in [-0.4, -0.2) is 29.2 Å². The van der Waals surface area contributed by atoms with E-state index in [9.17, 15) is 18.4 Å². The Labute approximate surface area is 96.0 Å². The molecular weight excluding hydrogens is 228 g/mol. The van der Waals surface area contributed by atoms with Crippen molar-refractivity contribution < 1.29 is 18.4 Å². The van der Waals surface area contributed by atoms with Crippen molar-refractivity contribution in [3.63, 3.8) is 0 Å². The van der Waals surface area contributed by atoms with E-state index in [1.54, 1.807) is 24.3 Å². The molecule has 1 aromatic rings. The Morgan fingerprint density at radius 2 is 1.65 bits per heavy atom. The molecule has 1 aromatic carbocycles. The molecule has 3 nitrogen and oxygen atoms in total. The number of fused-ring (bicyclic) bond motifs is 1. The van der Waals surface area contributed by atoms with Crippen LogP contribution in [0.25, 0.3) is 0 Å². The fourth-order valence-electron chi connectivity index (χ4n) is 2.09. The van der Waals surface area contributed by atoms with Crippen LogP contribution in [0.2, 0.25) is 0 Å². The molecule has 0 N–H and O–H groups in total. The predicted molar refractivity (Wildman–Crippen MR) is 54.9 cm³/mol. The van der Waals surface area contributed by atoms with E-state index in [1.807, 2.05) is 0 Å². The van der Waals surface area contributed by atoms with E-state index >= 15 is 0 Å². The Hall–Kier alpha value is -1.78. The number of nitrogens with zero attached hydrogens (tertiary/aromatic N) is 1. The molecule has 2 aliphatic rings. The second-order valence-corrected chi connectivity index (χ2v) is 4.43. The van der Waals surface area contributed by atoms with E-state index in [4.69, 9.17) is 0 Å². The summed E-state index contributed by atoms with van der Waals surface area (Å²) in [5.74, 6) is -4.51. The summed E-state index contributed by atoms with van der Waals surface area (Å²) in [6.07, 6.45) is -0.236. The van der Waals surface area contributed by atoms with Crippen molar-refractivity contribution in [3.8, 4) is 0 Å². The lowest BCUT2D eigenvalue weighted by Gasteiger charge is -2.12. The Morgan fingerprint density at radius 3 is 2.06 bits per heavy atom. The SMILES string of the molecule is O=C1c2ccccc2C(=O)N1CC1CC1(F)F. The molecule has 0 saturated heterocycles. The molecule has 0 spiro atoms. The van der Waals surface area contributed by atoms with Gasteiger partial charge in [-0.3, -0.25) is 14.5 Å². The average Bonchev–Trinajstić information content (AvgIpc) is 2.84. The van der Waals surface area contributed by atoms with Crippen LogP contribution in [0, 0.1) is 5.92 Å². The van der Waals surface area contributed by atoms with Gasteiger partial charge in [0.05, 0.1) is 11.1 Å². The summed E-state index contributed by atoms with van der Waals surface area (Å²) in [7, 11) is 0. The summed E-state index contributed by atoms with van der Waals surface area (Å²) in [5.41, 5.74) is 0.614. The second-order valence-electron chi connectivity index (χ2n) is 4.43. The molecular formula is C12H9F2NO2. The maximum atomic E-state index is 12.8. The quantitative estimate of drug-likeness (QED) is 0.737. The van der Waals surface area contributed by atoms with E-state index in [-0.39, 0.29) is 13.0 Å². The van der Waals surface area contributed by atoms with Gasteiger partial charge in [0.2, 0.25) is 0 Å². The highest BCUT2D eigenvalue weighted by Gasteiger charge is 2.58. The van der Waals surface area contributed by atoms with Crippen LogP contribution in [0.3, 0.4) is 0 Å². The maximum Gasteiger partial charge on any atom is 0.261 e. The fraction of sp³-hybridized carbons (Fsp3) is 0.333. The molecule has 17 heavy (non-hydrogen) atoms. The first-order valence-corrected chi connectivity index (χ1v) is 5.34. The van der Waals surface area contributed by atoms with Gasteiger partial charge in [-0.15, -0.1) is 0 Å². The van der Waals surface area contributed by atoms with Crippen molar-refractivity contribution >= 4 is 11.8 Å². The normalized spacial score (nSPS) is 25.1. The van der Waals surface area contributed by atoms with Crippen LogP contribution in [0.1, 0.15) is 27.1 Å². The van der Waals surface area contributed by atoms with Crippen LogP contribution < -0.4 is 0 Å². The van der Waals surface area contributed by atoms with Gasteiger partial charge in [-0.05, 0) is 12.1 Å². The smallest absolute Gasteiger partial charge is 0.261 e. The Morgan fingerprint density at radius 1 is 1.18 bits per heavy atom. The zero-order chi connectivity index (χ0) is 12.2. The van der Waals surface area contributed by atoms with Gasteiger partial charge in [0.1, 0.15) is 0 Å². The van der Waals surface area contributed by atoms with Crippen LogP contribution in [0.15, 0.2) is 24.3 Å². The molecule has 3 rings (SSSR count). The standard InChI is InChI=1S/C12H9F2NO2/c13-12(14)5-7(12)6-15-10(16)8-3-1-2-4-9(8)11(15)17/h1-4,7H,5-6H2. The summed E-state index contributed by atoms with van der Waals surface area (Å²) in [6, 6.07) is 6.39. The van der Waals surface area contributed by atoms with Gasteiger partial charge < -0.3 is 0 Å². The number of rotatable bonds is 2. The van der Waals surface area contributed by atoms with Gasteiger partial charge in [0.25, 0.3) is 17.7 Å². The highest BCUT2D eigenvalue weighted by Crippen LogP contribution is 2.49. The zero-order valence-corrected chi connectivity index (χ0v) is 8.82. The van der Waals surface area contributed by atoms with Crippen molar-refractivity contribution in [2.45, 2.75) is 12.3 Å². The van der Waals surface area contributed by atoms with Gasteiger partial charge in [-0.25, -0.2) is 8.78 Å². The Kier molecular flexibility index (Phi) is 1.91. The fourth-order valence-corrected chi connectivity index (χ4v) is 2.09. The number of carbonyl (C=O) groups is 2. The topological polar surface area (TPSA) is 37.4 Å². The molecule has 1 unspecified atom stereocenters. The third kappa shape index (κ3) is 1.45. The van der Waals surface area contributed by atoms with E-state index in [2.05, 4.69) is 0 Å². The third-order valence-corrected chi connectivity index (χ3v) is 3.24. The zero-order valence-electron chi connectivity index (χ0n) is 8.82. The van der Waals surface area contributed by atoms with Crippen LogP contribution in [-0.2, 0) is 0 Å². The summed E-state index contributed by atoms with van der Waals surface area (Å²) in [5, 5.41) is 0. The first kappa shape index (κ1) is 10.4. The molecule has 1 heterocycles. The van der Waals surface area contributed by atoms with E-state index in [0.717, 1.165) is 4.90 Å². The lowest BCUT2D eigenvalue weighted by molar-refractivity contribution is 0.0584. The lowest BCUT2D eigenvalue weighted by Crippen LogP contribution is -2.32. The molecule has 1 fully saturated rings. The van der Waals surface area contributed by atoms with Crippen molar-refractivity contribution in [1.82, 2.24) is 4.90 Å². The minimum absolute atomic E-state index is 0.181. The number of alkyl halides is 2. The summed E-state index contributed by atoms with van der Waals surface area (Å²) in [4.78, 5) is 24.6. The number of hydrogen-bond donors (Lipinski definition) is 0. The molecule has 1 saturated carbocycles. The van der Waals surface area contributed by atoms with Crippen LogP contribution in [0.5, 0.6) is 0 Å². The number of imide groups is 1. The molecule has 0 radical (unpaired) electrons. The van der Waals surface area contributed by atoms with Crippen molar-refractivity contribution in [3.05, 3.63) is 35.4 Å². The minimum Gasteiger partial charge on any atom is -0.274 e.